The molecule has 0 bridgehead atoms. The van der Waals surface area contributed by atoms with Gasteiger partial charge in [-0.05, 0) is 23.6 Å². The second-order valence-corrected chi connectivity index (χ2v) is 6.31. The molecule has 0 saturated carbocycles. The van der Waals surface area contributed by atoms with Crippen LogP contribution >= 0.6 is 23.4 Å². The first-order valence-electron chi connectivity index (χ1n) is 6.78. The van der Waals surface area contributed by atoms with Crippen LogP contribution in [0.5, 0.6) is 0 Å². The minimum Gasteiger partial charge on any atom is -0.480 e. The Bertz CT molecular complexity index is 496. The van der Waals surface area contributed by atoms with Crippen LogP contribution in [0.4, 0.5) is 0 Å². The third-order valence-corrected chi connectivity index (χ3v) is 4.43. The monoisotopic (exact) mass is 329 g/mol. The van der Waals surface area contributed by atoms with Gasteiger partial charge in [0.2, 0.25) is 5.91 Å². The van der Waals surface area contributed by atoms with E-state index >= 15 is 0 Å². The molecular weight excluding hydrogens is 310 g/mol. The average Bonchev–Trinajstić information content (AvgIpc) is 2.43. The van der Waals surface area contributed by atoms with Crippen molar-refractivity contribution >= 4 is 35.2 Å². The highest BCUT2D eigenvalue weighted by molar-refractivity contribution is 7.99. The first kappa shape index (κ1) is 17.9. The van der Waals surface area contributed by atoms with Gasteiger partial charge in [0, 0.05) is 10.8 Å². The van der Waals surface area contributed by atoms with E-state index < -0.39 is 12.0 Å². The molecule has 0 saturated heterocycles. The van der Waals surface area contributed by atoms with Crippen LogP contribution in [0, 0.1) is 5.92 Å². The lowest BCUT2D eigenvalue weighted by Crippen LogP contribution is -2.45. The van der Waals surface area contributed by atoms with Crippen molar-refractivity contribution in [1.82, 2.24) is 5.32 Å². The van der Waals surface area contributed by atoms with Crippen molar-refractivity contribution in [1.29, 1.82) is 0 Å². The maximum atomic E-state index is 11.8. The molecule has 4 nitrogen and oxygen atoms in total. The average molecular weight is 330 g/mol. The number of halogens is 1. The fraction of sp³-hybridized carbons (Fsp3) is 0.467. The van der Waals surface area contributed by atoms with Crippen molar-refractivity contribution in [3.63, 3.8) is 0 Å². The zero-order valence-electron chi connectivity index (χ0n) is 12.1. The minimum atomic E-state index is -0.988. The van der Waals surface area contributed by atoms with E-state index in [2.05, 4.69) is 5.32 Å². The molecule has 2 atom stereocenters. The van der Waals surface area contributed by atoms with E-state index in [9.17, 15) is 9.59 Å². The fourth-order valence-electron chi connectivity index (χ4n) is 1.79. The molecule has 0 spiro atoms. The van der Waals surface area contributed by atoms with Crippen molar-refractivity contribution in [3.05, 3.63) is 34.9 Å². The highest BCUT2D eigenvalue weighted by Gasteiger charge is 2.24. The summed E-state index contributed by atoms with van der Waals surface area (Å²) in [7, 11) is 0. The van der Waals surface area contributed by atoms with Crippen molar-refractivity contribution in [2.45, 2.75) is 32.1 Å². The zero-order valence-corrected chi connectivity index (χ0v) is 13.7. The highest BCUT2D eigenvalue weighted by atomic mass is 35.5. The van der Waals surface area contributed by atoms with Crippen LogP contribution < -0.4 is 5.32 Å². The molecule has 0 aliphatic heterocycles. The van der Waals surface area contributed by atoms with Crippen LogP contribution in [0.25, 0.3) is 0 Å². The van der Waals surface area contributed by atoms with E-state index in [0.29, 0.717) is 17.2 Å². The fourth-order valence-corrected chi connectivity index (χ4v) is 2.79. The lowest BCUT2D eigenvalue weighted by Gasteiger charge is -2.20. The van der Waals surface area contributed by atoms with E-state index in [1.165, 1.54) is 11.8 Å². The van der Waals surface area contributed by atoms with Crippen LogP contribution in [0.3, 0.4) is 0 Å². The second kappa shape index (κ2) is 8.95. The number of amides is 1. The molecule has 1 amide bonds. The summed E-state index contributed by atoms with van der Waals surface area (Å²) in [6, 6.07) is 6.63. The number of aliphatic carboxylic acids is 1. The molecule has 21 heavy (non-hydrogen) atoms. The molecule has 1 aromatic carbocycles. The van der Waals surface area contributed by atoms with Gasteiger partial charge in [-0.1, -0.05) is 44.0 Å². The second-order valence-electron chi connectivity index (χ2n) is 4.89. The van der Waals surface area contributed by atoms with Gasteiger partial charge in [0.15, 0.2) is 0 Å². The van der Waals surface area contributed by atoms with E-state index in [1.807, 2.05) is 32.0 Å². The Kier molecular flexibility index (Phi) is 7.61. The quantitative estimate of drug-likeness (QED) is 0.768. The molecule has 116 valence electrons. The lowest BCUT2D eigenvalue weighted by molar-refractivity contribution is -0.143. The molecule has 0 aromatic heterocycles. The lowest BCUT2D eigenvalue weighted by atomic mass is 9.99. The van der Waals surface area contributed by atoms with E-state index in [0.717, 1.165) is 5.56 Å². The van der Waals surface area contributed by atoms with Gasteiger partial charge >= 0.3 is 5.97 Å². The van der Waals surface area contributed by atoms with E-state index in [1.54, 1.807) is 6.07 Å². The molecule has 2 N–H and O–H groups in total. The van der Waals surface area contributed by atoms with Gasteiger partial charge in [-0.15, -0.1) is 11.8 Å². The standard InChI is InChI=1S/C15H20ClNO3S/c1-3-10(2)14(15(19)20)17-13(18)9-21-8-11-5-4-6-12(16)7-11/h4-7,10,14H,3,8-9H2,1-2H3,(H,17,18)(H,19,20). The number of benzene rings is 1. The molecule has 1 rings (SSSR count). The normalized spacial score (nSPS) is 13.5. The topological polar surface area (TPSA) is 66.4 Å². The number of nitrogens with one attached hydrogen (secondary N) is 1. The summed E-state index contributed by atoms with van der Waals surface area (Å²) in [6.07, 6.45) is 0.701. The number of hydrogen-bond acceptors (Lipinski definition) is 3. The van der Waals surface area contributed by atoms with Gasteiger partial charge in [-0.2, -0.15) is 0 Å². The maximum absolute atomic E-state index is 11.8. The molecule has 6 heteroatoms. The minimum absolute atomic E-state index is 0.0932. The predicted octanol–water partition coefficient (Wildman–Crippen LogP) is 3.19. The zero-order chi connectivity index (χ0) is 15.8. The number of hydrogen-bond donors (Lipinski definition) is 2. The van der Waals surface area contributed by atoms with Gasteiger partial charge in [0.05, 0.1) is 5.75 Å². The Morgan fingerprint density at radius 3 is 2.71 bits per heavy atom. The third-order valence-electron chi connectivity index (χ3n) is 3.19. The first-order chi connectivity index (χ1) is 9.93. The number of carbonyl (C=O) groups is 2. The Morgan fingerprint density at radius 1 is 1.43 bits per heavy atom. The first-order valence-corrected chi connectivity index (χ1v) is 8.31. The van der Waals surface area contributed by atoms with Gasteiger partial charge in [0.25, 0.3) is 0 Å². The van der Waals surface area contributed by atoms with E-state index in [4.69, 9.17) is 16.7 Å². The van der Waals surface area contributed by atoms with Crippen LogP contribution in [0.15, 0.2) is 24.3 Å². The maximum Gasteiger partial charge on any atom is 0.326 e. The molecular formula is C15H20ClNO3S. The van der Waals surface area contributed by atoms with E-state index in [-0.39, 0.29) is 17.6 Å². The Labute approximate surface area is 134 Å². The van der Waals surface area contributed by atoms with Crippen molar-refractivity contribution in [2.24, 2.45) is 5.92 Å². The molecule has 0 radical (unpaired) electrons. The number of thioether (sulfide) groups is 1. The molecule has 0 aliphatic carbocycles. The summed E-state index contributed by atoms with van der Waals surface area (Å²) in [5.74, 6) is -0.446. The van der Waals surface area contributed by atoms with Crippen LogP contribution in [-0.4, -0.2) is 28.8 Å². The summed E-state index contributed by atoms with van der Waals surface area (Å²) >= 11 is 7.32. The SMILES string of the molecule is CCC(C)C(NC(=O)CSCc1cccc(Cl)c1)C(=O)O. The predicted molar refractivity (Wildman–Crippen MR) is 86.6 cm³/mol. The summed E-state index contributed by atoms with van der Waals surface area (Å²) in [6.45, 7) is 3.72. The third kappa shape index (κ3) is 6.40. The van der Waals surface area contributed by atoms with Crippen LogP contribution in [0.2, 0.25) is 5.02 Å². The molecule has 0 heterocycles. The molecule has 0 fully saturated rings. The number of carboxylic acids is 1. The Balaban J connectivity index is 2.41. The number of rotatable bonds is 8. The van der Waals surface area contributed by atoms with Crippen LogP contribution in [-0.2, 0) is 15.3 Å². The Hall–Kier alpha value is -1.20. The highest BCUT2D eigenvalue weighted by Crippen LogP contribution is 2.16. The van der Waals surface area contributed by atoms with Crippen molar-refractivity contribution < 1.29 is 14.7 Å². The van der Waals surface area contributed by atoms with Crippen LogP contribution in [0.1, 0.15) is 25.8 Å². The van der Waals surface area contributed by atoms with Gasteiger partial charge in [0.1, 0.15) is 6.04 Å². The number of carboxylic acid groups (broad SMARTS) is 1. The van der Waals surface area contributed by atoms with Crippen molar-refractivity contribution in [2.75, 3.05) is 5.75 Å². The molecule has 0 aliphatic rings. The summed E-state index contributed by atoms with van der Waals surface area (Å²) in [4.78, 5) is 22.9. The van der Waals surface area contributed by atoms with Gasteiger partial charge in [-0.3, -0.25) is 4.79 Å². The molecule has 1 aromatic rings. The summed E-state index contributed by atoms with van der Waals surface area (Å²) in [5.41, 5.74) is 1.04. The smallest absolute Gasteiger partial charge is 0.326 e. The van der Waals surface area contributed by atoms with Gasteiger partial charge in [-0.25, -0.2) is 4.79 Å². The molecule has 2 unspecified atom stereocenters. The number of carbonyl (C=O) groups excluding carboxylic acids is 1. The summed E-state index contributed by atoms with van der Waals surface area (Å²) < 4.78 is 0. The van der Waals surface area contributed by atoms with Gasteiger partial charge < -0.3 is 10.4 Å². The summed E-state index contributed by atoms with van der Waals surface area (Å²) in [5, 5.41) is 12.4. The largest absolute Gasteiger partial charge is 0.480 e. The Morgan fingerprint density at radius 2 is 2.14 bits per heavy atom. The van der Waals surface area contributed by atoms with Crippen molar-refractivity contribution in [3.8, 4) is 0 Å².